The van der Waals surface area contributed by atoms with Crippen molar-refractivity contribution in [2.24, 2.45) is 0 Å². The Bertz CT molecular complexity index is 1120. The maximum Gasteiger partial charge on any atom is 0.421 e. The number of hydrogen-bond donors (Lipinski definition) is 1. The van der Waals surface area contributed by atoms with Crippen molar-refractivity contribution in [3.8, 4) is 5.88 Å². The van der Waals surface area contributed by atoms with E-state index in [1.807, 2.05) is 12.1 Å². The normalized spacial score (nSPS) is 13.2. The number of nitrogens with zero attached hydrogens (tertiary/aromatic N) is 3. The summed E-state index contributed by atoms with van der Waals surface area (Å²) in [5.74, 6) is 0.660. The van der Waals surface area contributed by atoms with Gasteiger partial charge in [0, 0.05) is 24.7 Å². The van der Waals surface area contributed by atoms with Crippen LogP contribution in [0.1, 0.15) is 23.6 Å². The van der Waals surface area contributed by atoms with Crippen LogP contribution in [-0.2, 0) is 14.3 Å². The molecule has 0 saturated heterocycles. The molecule has 0 spiro atoms. The molecule has 0 fully saturated rings. The molecule has 2 unspecified atom stereocenters. The van der Waals surface area contributed by atoms with Crippen molar-refractivity contribution in [2.75, 3.05) is 13.4 Å². The average molecular weight is 541 g/mol. The van der Waals surface area contributed by atoms with Crippen LogP contribution in [-0.4, -0.2) is 54.2 Å². The van der Waals surface area contributed by atoms with Crippen LogP contribution in [0, 0.1) is 0 Å². The maximum absolute atomic E-state index is 12.5. The first-order valence-electron chi connectivity index (χ1n) is 9.61. The fraction of sp³-hybridized carbons (Fsp3) is 0.286. The largest absolute Gasteiger partial charge is 0.481 e. The lowest BCUT2D eigenvalue weighted by Crippen LogP contribution is -2.26. The minimum atomic E-state index is -4.84. The number of alkyl halides is 6. The summed E-state index contributed by atoms with van der Waals surface area (Å²) < 4.78 is 103. The Hall–Kier alpha value is -3.30. The fourth-order valence-corrected chi connectivity index (χ4v) is 2.71. The molecule has 0 aliphatic rings. The summed E-state index contributed by atoms with van der Waals surface area (Å²) in [6.07, 6.45) is -9.97. The molecule has 0 aliphatic carbocycles. The molecular weight excluding hydrogens is 520 g/mol. The number of halogens is 6. The number of aromatic nitrogens is 3. The molecule has 3 rings (SSSR count). The summed E-state index contributed by atoms with van der Waals surface area (Å²) in [5, 5.41) is 8.67. The van der Waals surface area contributed by atoms with Crippen molar-refractivity contribution in [3.05, 3.63) is 84.6 Å². The molecule has 0 amide bonds. The van der Waals surface area contributed by atoms with Gasteiger partial charge in [-0.05, 0) is 30.3 Å². The van der Waals surface area contributed by atoms with Crippen LogP contribution < -0.4 is 4.74 Å². The smallest absolute Gasteiger partial charge is 0.421 e. The van der Waals surface area contributed by atoms with Crippen LogP contribution in [0.5, 0.6) is 5.88 Å². The summed E-state index contributed by atoms with van der Waals surface area (Å²) in [4.78, 5) is 10.7. The number of aliphatic hydroxyl groups is 1. The molecule has 0 bridgehead atoms. The van der Waals surface area contributed by atoms with Gasteiger partial charge < -0.3 is 9.84 Å². The van der Waals surface area contributed by atoms with E-state index in [1.165, 1.54) is 30.5 Å². The van der Waals surface area contributed by atoms with E-state index in [0.29, 0.717) is 12.1 Å². The molecule has 15 heteroatoms. The first-order valence-corrected chi connectivity index (χ1v) is 11.4. The Kier molecular flexibility index (Phi) is 11.7. The van der Waals surface area contributed by atoms with Crippen molar-refractivity contribution < 1.29 is 48.8 Å². The third kappa shape index (κ3) is 11.9. The van der Waals surface area contributed by atoms with Crippen molar-refractivity contribution in [3.63, 3.8) is 0 Å². The van der Waals surface area contributed by atoms with Gasteiger partial charge in [0.2, 0.25) is 12.0 Å². The number of ether oxygens (including phenoxy) is 1. The zero-order valence-electron chi connectivity index (χ0n) is 18.7. The van der Waals surface area contributed by atoms with Crippen LogP contribution in [0.4, 0.5) is 26.3 Å². The van der Waals surface area contributed by atoms with E-state index in [9.17, 15) is 34.8 Å². The Balaban J connectivity index is 0.000000285. The second-order valence-corrected chi connectivity index (χ2v) is 8.15. The summed E-state index contributed by atoms with van der Waals surface area (Å²) in [5.41, 5.74) is -0.884. The molecule has 0 radical (unpaired) electrons. The summed E-state index contributed by atoms with van der Waals surface area (Å²) >= 11 is 0. The zero-order valence-corrected chi connectivity index (χ0v) is 19.5. The third-order valence-electron chi connectivity index (χ3n) is 3.65. The quantitative estimate of drug-likeness (QED) is 0.373. The van der Waals surface area contributed by atoms with E-state index in [1.54, 1.807) is 19.4 Å². The van der Waals surface area contributed by atoms with Gasteiger partial charge in [0.1, 0.15) is 0 Å². The van der Waals surface area contributed by atoms with Gasteiger partial charge in [0.15, 0.2) is 6.10 Å². The van der Waals surface area contributed by atoms with Gasteiger partial charge in [-0.2, -0.15) is 34.8 Å². The van der Waals surface area contributed by atoms with E-state index in [2.05, 4.69) is 19.1 Å². The van der Waals surface area contributed by atoms with Crippen LogP contribution >= 0.6 is 0 Å². The highest BCUT2D eigenvalue weighted by Gasteiger charge is 2.45. The highest BCUT2D eigenvalue weighted by molar-refractivity contribution is 7.86. The lowest BCUT2D eigenvalue weighted by atomic mass is 10.2. The van der Waals surface area contributed by atoms with Gasteiger partial charge in [-0.25, -0.2) is 4.98 Å². The third-order valence-corrected chi connectivity index (χ3v) is 4.19. The van der Waals surface area contributed by atoms with Crippen molar-refractivity contribution in [1.29, 1.82) is 0 Å². The van der Waals surface area contributed by atoms with Gasteiger partial charge >= 0.3 is 12.4 Å². The van der Waals surface area contributed by atoms with Gasteiger partial charge in [-0.3, -0.25) is 14.2 Å². The molecule has 3 heterocycles. The first kappa shape index (κ1) is 30.7. The molecule has 0 aliphatic heterocycles. The molecule has 3 aromatic rings. The number of rotatable bonds is 5. The predicted octanol–water partition coefficient (Wildman–Crippen LogP) is 4.43. The molecule has 3 aromatic heterocycles. The number of pyridine rings is 3. The summed E-state index contributed by atoms with van der Waals surface area (Å²) in [6.45, 7) is 0. The fourth-order valence-electron chi connectivity index (χ4n) is 2.15. The Morgan fingerprint density at radius 1 is 0.778 bits per heavy atom. The summed E-state index contributed by atoms with van der Waals surface area (Å²) in [7, 11) is -2.62. The average Bonchev–Trinajstić information content (AvgIpc) is 2.83. The first-order chi connectivity index (χ1) is 16.6. The van der Waals surface area contributed by atoms with E-state index >= 15 is 0 Å². The zero-order chi connectivity index (χ0) is 27.4. The highest BCUT2D eigenvalue weighted by atomic mass is 32.2. The topological polar surface area (TPSA) is 112 Å². The van der Waals surface area contributed by atoms with Crippen molar-refractivity contribution in [2.45, 2.75) is 24.6 Å². The van der Waals surface area contributed by atoms with Crippen molar-refractivity contribution in [1.82, 2.24) is 15.0 Å². The van der Waals surface area contributed by atoms with Gasteiger partial charge in [0.05, 0.1) is 24.8 Å². The highest BCUT2D eigenvalue weighted by Crippen LogP contribution is 2.35. The van der Waals surface area contributed by atoms with E-state index in [-0.39, 0.29) is 5.69 Å². The van der Waals surface area contributed by atoms with Crippen LogP contribution in [0.2, 0.25) is 0 Å². The minimum absolute atomic E-state index is 0.384. The second-order valence-electron chi connectivity index (χ2n) is 6.55. The molecule has 8 nitrogen and oxygen atoms in total. The SMILES string of the molecule is COc1ccccn1.CS(=O)(=O)OC(c1ccccn1)C(F)(F)F.OC(c1ccccn1)C(F)(F)F. The van der Waals surface area contributed by atoms with E-state index in [0.717, 1.165) is 18.3 Å². The molecule has 2 atom stereocenters. The molecular formula is C21H21F6N3O5S. The van der Waals surface area contributed by atoms with Crippen LogP contribution in [0.15, 0.2) is 73.2 Å². The van der Waals surface area contributed by atoms with Gasteiger partial charge in [-0.15, -0.1) is 0 Å². The molecule has 1 N–H and O–H groups in total. The molecule has 36 heavy (non-hydrogen) atoms. The predicted molar refractivity (Wildman–Crippen MR) is 115 cm³/mol. The standard InChI is InChI=1S/C8H8F3NO3S.C7H6F3NO.C6H7NO/c1-16(13,14)15-7(8(9,10)11)6-4-2-3-5-12-6;8-7(9,10)6(12)5-3-1-2-4-11-5;1-8-6-4-2-3-5-7-6/h2-5,7H,1H3;1-4,6,12H;2-5H,1H3. The van der Waals surface area contributed by atoms with E-state index in [4.69, 9.17) is 9.84 Å². The Labute approximate surface area is 202 Å². The van der Waals surface area contributed by atoms with Crippen LogP contribution in [0.25, 0.3) is 0 Å². The Morgan fingerprint density at radius 2 is 1.25 bits per heavy atom. The second kappa shape index (κ2) is 13.7. The number of aliphatic hydroxyl groups excluding tert-OH is 1. The van der Waals surface area contributed by atoms with Gasteiger partial charge in [0.25, 0.3) is 10.1 Å². The number of methoxy groups -OCH3 is 1. The molecule has 0 aromatic carbocycles. The monoisotopic (exact) mass is 541 g/mol. The lowest BCUT2D eigenvalue weighted by Gasteiger charge is -2.18. The van der Waals surface area contributed by atoms with Gasteiger partial charge in [-0.1, -0.05) is 18.2 Å². The summed E-state index contributed by atoms with van der Waals surface area (Å²) in [6, 6.07) is 13.3. The lowest BCUT2D eigenvalue weighted by molar-refractivity contribution is -0.208. The molecule has 198 valence electrons. The Morgan fingerprint density at radius 3 is 1.56 bits per heavy atom. The van der Waals surface area contributed by atoms with Crippen LogP contribution in [0.3, 0.4) is 0 Å². The van der Waals surface area contributed by atoms with Crippen molar-refractivity contribution >= 4 is 10.1 Å². The van der Waals surface area contributed by atoms with E-state index < -0.39 is 40.4 Å². The minimum Gasteiger partial charge on any atom is -0.481 e. The maximum atomic E-state index is 12.5. The molecule has 0 saturated carbocycles. The number of hydrogen-bond acceptors (Lipinski definition) is 8.